The average molecular weight is 202 g/mol. The Bertz CT molecular complexity index is 460. The van der Waals surface area contributed by atoms with Gasteiger partial charge in [0.05, 0.1) is 12.0 Å². The standard InChI is InChI=1S/C11H14N4/c1-8-5-11(15-4-3-13-7-15)10(6-12)9(2)14-8/h3-5,7H,6,12H2,1-2H3. The van der Waals surface area contributed by atoms with E-state index in [1.54, 1.807) is 12.5 Å². The van der Waals surface area contributed by atoms with Gasteiger partial charge in [-0.25, -0.2) is 4.98 Å². The molecule has 0 radical (unpaired) electrons. The van der Waals surface area contributed by atoms with E-state index in [9.17, 15) is 0 Å². The van der Waals surface area contributed by atoms with E-state index in [-0.39, 0.29) is 0 Å². The van der Waals surface area contributed by atoms with Gasteiger partial charge in [0.2, 0.25) is 0 Å². The number of nitrogens with zero attached hydrogens (tertiary/aromatic N) is 3. The lowest BCUT2D eigenvalue weighted by atomic mass is 10.1. The van der Waals surface area contributed by atoms with E-state index in [4.69, 9.17) is 5.73 Å². The first kappa shape index (κ1) is 9.86. The van der Waals surface area contributed by atoms with Crippen LogP contribution in [0.25, 0.3) is 5.69 Å². The van der Waals surface area contributed by atoms with Crippen molar-refractivity contribution in [1.29, 1.82) is 0 Å². The Morgan fingerprint density at radius 2 is 2.20 bits per heavy atom. The van der Waals surface area contributed by atoms with E-state index in [1.807, 2.05) is 30.7 Å². The molecule has 2 N–H and O–H groups in total. The molecule has 2 rings (SSSR count). The van der Waals surface area contributed by atoms with E-state index < -0.39 is 0 Å². The van der Waals surface area contributed by atoms with Gasteiger partial charge in [0.1, 0.15) is 0 Å². The van der Waals surface area contributed by atoms with Gasteiger partial charge >= 0.3 is 0 Å². The van der Waals surface area contributed by atoms with Crippen LogP contribution >= 0.6 is 0 Å². The van der Waals surface area contributed by atoms with Crippen molar-refractivity contribution in [2.45, 2.75) is 20.4 Å². The summed E-state index contributed by atoms with van der Waals surface area (Å²) in [4.78, 5) is 8.44. The number of rotatable bonds is 2. The number of imidazole rings is 1. The maximum Gasteiger partial charge on any atom is 0.0991 e. The molecule has 0 saturated heterocycles. The van der Waals surface area contributed by atoms with Crippen LogP contribution in [0, 0.1) is 13.8 Å². The minimum Gasteiger partial charge on any atom is -0.326 e. The summed E-state index contributed by atoms with van der Waals surface area (Å²) < 4.78 is 1.96. The Morgan fingerprint density at radius 1 is 1.40 bits per heavy atom. The topological polar surface area (TPSA) is 56.7 Å². The monoisotopic (exact) mass is 202 g/mol. The third-order valence-corrected chi connectivity index (χ3v) is 2.42. The number of hydrogen-bond donors (Lipinski definition) is 1. The van der Waals surface area contributed by atoms with E-state index >= 15 is 0 Å². The molecule has 15 heavy (non-hydrogen) atoms. The summed E-state index contributed by atoms with van der Waals surface area (Å²) in [6.07, 6.45) is 5.44. The summed E-state index contributed by atoms with van der Waals surface area (Å²) in [6, 6.07) is 2.02. The van der Waals surface area contributed by atoms with Crippen LogP contribution < -0.4 is 5.73 Å². The van der Waals surface area contributed by atoms with Crippen molar-refractivity contribution in [3.63, 3.8) is 0 Å². The highest BCUT2D eigenvalue weighted by atomic mass is 15.0. The molecule has 0 atom stereocenters. The number of nitrogens with two attached hydrogens (primary N) is 1. The summed E-state index contributed by atoms with van der Waals surface area (Å²) in [5.41, 5.74) is 9.85. The number of pyridine rings is 1. The second-order valence-electron chi connectivity index (χ2n) is 3.52. The molecule has 0 aliphatic heterocycles. The van der Waals surface area contributed by atoms with Crippen LogP contribution in [0.5, 0.6) is 0 Å². The van der Waals surface area contributed by atoms with Crippen LogP contribution in [-0.2, 0) is 6.54 Å². The molecule has 0 aliphatic carbocycles. The van der Waals surface area contributed by atoms with Crippen molar-refractivity contribution < 1.29 is 0 Å². The zero-order valence-corrected chi connectivity index (χ0v) is 8.94. The maximum atomic E-state index is 5.73. The molecule has 0 bridgehead atoms. The molecule has 2 aromatic rings. The average Bonchev–Trinajstić information content (AvgIpc) is 2.69. The second-order valence-corrected chi connectivity index (χ2v) is 3.52. The van der Waals surface area contributed by atoms with Crippen LogP contribution in [0.1, 0.15) is 17.0 Å². The van der Waals surface area contributed by atoms with Crippen LogP contribution in [-0.4, -0.2) is 14.5 Å². The smallest absolute Gasteiger partial charge is 0.0991 e. The molecule has 0 amide bonds. The highest BCUT2D eigenvalue weighted by molar-refractivity contribution is 5.44. The molecule has 0 aliphatic rings. The first-order chi connectivity index (χ1) is 7.22. The quantitative estimate of drug-likeness (QED) is 0.799. The molecule has 0 unspecified atom stereocenters. The maximum absolute atomic E-state index is 5.73. The van der Waals surface area contributed by atoms with Gasteiger partial charge in [0.15, 0.2) is 0 Å². The van der Waals surface area contributed by atoms with Crippen LogP contribution in [0.15, 0.2) is 24.8 Å². The van der Waals surface area contributed by atoms with Gasteiger partial charge in [-0.2, -0.15) is 0 Å². The van der Waals surface area contributed by atoms with E-state index in [0.717, 1.165) is 22.6 Å². The predicted molar refractivity (Wildman–Crippen MR) is 58.7 cm³/mol. The Balaban J connectivity index is 2.64. The highest BCUT2D eigenvalue weighted by Crippen LogP contribution is 2.17. The molecule has 78 valence electrons. The zero-order chi connectivity index (χ0) is 10.8. The highest BCUT2D eigenvalue weighted by Gasteiger charge is 2.07. The molecule has 0 aromatic carbocycles. The summed E-state index contributed by atoms with van der Waals surface area (Å²) in [5, 5.41) is 0. The molecule has 4 nitrogen and oxygen atoms in total. The van der Waals surface area contributed by atoms with Gasteiger partial charge in [-0.05, 0) is 19.9 Å². The molecule has 0 fully saturated rings. The largest absolute Gasteiger partial charge is 0.326 e. The predicted octanol–water partition coefficient (Wildman–Crippen LogP) is 1.34. The van der Waals surface area contributed by atoms with Crippen molar-refractivity contribution in [3.05, 3.63) is 41.7 Å². The fourth-order valence-corrected chi connectivity index (χ4v) is 1.72. The molecule has 2 aromatic heterocycles. The summed E-state index contributed by atoms with van der Waals surface area (Å²) in [6.45, 7) is 4.45. The molecule has 0 spiro atoms. The zero-order valence-electron chi connectivity index (χ0n) is 8.94. The number of aromatic nitrogens is 3. The lowest BCUT2D eigenvalue weighted by Crippen LogP contribution is -2.08. The second kappa shape index (κ2) is 3.82. The Kier molecular flexibility index (Phi) is 2.51. The minimum absolute atomic E-state index is 0.493. The van der Waals surface area contributed by atoms with Crippen molar-refractivity contribution >= 4 is 0 Å². The fourth-order valence-electron chi connectivity index (χ4n) is 1.72. The molecule has 2 heterocycles. The van der Waals surface area contributed by atoms with Crippen molar-refractivity contribution in [2.24, 2.45) is 5.73 Å². The summed E-state index contributed by atoms with van der Waals surface area (Å²) in [5.74, 6) is 0. The normalized spacial score (nSPS) is 10.6. The summed E-state index contributed by atoms with van der Waals surface area (Å²) >= 11 is 0. The fraction of sp³-hybridized carbons (Fsp3) is 0.273. The number of hydrogen-bond acceptors (Lipinski definition) is 3. The van der Waals surface area contributed by atoms with Crippen LogP contribution in [0.3, 0.4) is 0 Å². The van der Waals surface area contributed by atoms with Gasteiger partial charge < -0.3 is 10.3 Å². The van der Waals surface area contributed by atoms with Gasteiger partial charge in [-0.15, -0.1) is 0 Å². The molecule has 4 heteroatoms. The van der Waals surface area contributed by atoms with Gasteiger partial charge in [-0.1, -0.05) is 0 Å². The third kappa shape index (κ3) is 1.76. The molecular formula is C11H14N4. The Morgan fingerprint density at radius 3 is 2.80 bits per heavy atom. The van der Waals surface area contributed by atoms with E-state index in [0.29, 0.717) is 6.54 Å². The number of aryl methyl sites for hydroxylation is 2. The lowest BCUT2D eigenvalue weighted by Gasteiger charge is -2.12. The van der Waals surface area contributed by atoms with Crippen molar-refractivity contribution in [3.8, 4) is 5.69 Å². The van der Waals surface area contributed by atoms with Crippen molar-refractivity contribution in [2.75, 3.05) is 0 Å². The van der Waals surface area contributed by atoms with Crippen molar-refractivity contribution in [1.82, 2.24) is 14.5 Å². The SMILES string of the molecule is Cc1cc(-n2ccnc2)c(CN)c(C)n1. The first-order valence-corrected chi connectivity index (χ1v) is 4.88. The van der Waals surface area contributed by atoms with Gasteiger partial charge in [0, 0.05) is 35.9 Å². The Hall–Kier alpha value is -1.68. The third-order valence-electron chi connectivity index (χ3n) is 2.42. The minimum atomic E-state index is 0.493. The first-order valence-electron chi connectivity index (χ1n) is 4.88. The van der Waals surface area contributed by atoms with E-state index in [1.165, 1.54) is 0 Å². The van der Waals surface area contributed by atoms with Crippen LogP contribution in [0.4, 0.5) is 0 Å². The lowest BCUT2D eigenvalue weighted by molar-refractivity contribution is 0.930. The summed E-state index contributed by atoms with van der Waals surface area (Å²) in [7, 11) is 0. The molecule has 0 saturated carbocycles. The molecular weight excluding hydrogens is 188 g/mol. The van der Waals surface area contributed by atoms with E-state index in [2.05, 4.69) is 9.97 Å². The Labute approximate surface area is 88.8 Å². The van der Waals surface area contributed by atoms with Crippen LogP contribution in [0.2, 0.25) is 0 Å². The van der Waals surface area contributed by atoms with Gasteiger partial charge in [-0.3, -0.25) is 4.98 Å². The van der Waals surface area contributed by atoms with Gasteiger partial charge in [0.25, 0.3) is 0 Å².